The van der Waals surface area contributed by atoms with Crippen LogP contribution >= 0.6 is 23.2 Å². The van der Waals surface area contributed by atoms with Crippen molar-refractivity contribution in [2.45, 2.75) is 6.18 Å². The first kappa shape index (κ1) is 12.6. The number of benzene rings is 1. The molecule has 0 saturated heterocycles. The summed E-state index contributed by atoms with van der Waals surface area (Å²) in [6.45, 7) is 0. The van der Waals surface area contributed by atoms with Crippen molar-refractivity contribution in [1.29, 1.82) is 0 Å². The summed E-state index contributed by atoms with van der Waals surface area (Å²) in [7, 11) is -2.25. The van der Waals surface area contributed by atoms with Crippen LogP contribution < -0.4 is 5.46 Å². The summed E-state index contributed by atoms with van der Waals surface area (Å²) in [6, 6.07) is 1.33. The van der Waals surface area contributed by atoms with Crippen LogP contribution in [-0.2, 0) is 6.18 Å². The second kappa shape index (κ2) is 4.21. The van der Waals surface area contributed by atoms with Crippen LogP contribution in [0.15, 0.2) is 12.1 Å². The van der Waals surface area contributed by atoms with Gasteiger partial charge in [0.25, 0.3) is 0 Å². The number of rotatable bonds is 1. The Morgan fingerprint density at radius 3 is 1.93 bits per heavy atom. The van der Waals surface area contributed by atoms with Gasteiger partial charge in [-0.3, -0.25) is 0 Å². The van der Waals surface area contributed by atoms with Crippen molar-refractivity contribution in [3.63, 3.8) is 0 Å². The van der Waals surface area contributed by atoms with E-state index in [0.29, 0.717) is 6.07 Å². The predicted octanol–water partition coefficient (Wildman–Crippen LogP) is 1.69. The van der Waals surface area contributed by atoms with Crippen molar-refractivity contribution in [2.75, 3.05) is 0 Å². The summed E-state index contributed by atoms with van der Waals surface area (Å²) in [5.41, 5.74) is -1.94. The van der Waals surface area contributed by atoms with E-state index in [1.807, 2.05) is 0 Å². The van der Waals surface area contributed by atoms with E-state index in [-0.39, 0.29) is 10.0 Å². The summed E-state index contributed by atoms with van der Waals surface area (Å²) in [4.78, 5) is 0. The van der Waals surface area contributed by atoms with Crippen LogP contribution in [0.4, 0.5) is 13.2 Å². The van der Waals surface area contributed by atoms with Gasteiger partial charge in [0.2, 0.25) is 0 Å². The molecule has 2 nitrogen and oxygen atoms in total. The second-order valence-electron chi connectivity index (χ2n) is 2.72. The number of alkyl halides is 3. The molecule has 0 aliphatic rings. The minimum atomic E-state index is -4.72. The average molecular weight is 259 g/mol. The Labute approximate surface area is 93.4 Å². The molecule has 15 heavy (non-hydrogen) atoms. The van der Waals surface area contributed by atoms with E-state index in [2.05, 4.69) is 0 Å². The minimum absolute atomic E-state index is 0.173. The summed E-state index contributed by atoms with van der Waals surface area (Å²) in [5, 5.41) is 17.0. The predicted molar refractivity (Wildman–Crippen MR) is 51.3 cm³/mol. The number of hydrogen-bond donors (Lipinski definition) is 2. The monoisotopic (exact) mass is 258 g/mol. The molecule has 1 rings (SSSR count). The topological polar surface area (TPSA) is 40.5 Å². The summed E-state index contributed by atoms with van der Waals surface area (Å²) in [5.74, 6) is 0. The summed E-state index contributed by atoms with van der Waals surface area (Å²) >= 11 is 10.9. The lowest BCUT2D eigenvalue weighted by Crippen LogP contribution is -2.36. The highest BCUT2D eigenvalue weighted by molar-refractivity contribution is 6.60. The fraction of sp³-hybridized carbons (Fsp3) is 0.143. The lowest BCUT2D eigenvalue weighted by atomic mass is 9.77. The normalized spacial score (nSPS) is 11.7. The Kier molecular flexibility index (Phi) is 3.55. The average Bonchev–Trinajstić information content (AvgIpc) is 2.06. The van der Waals surface area contributed by atoms with Gasteiger partial charge in [-0.2, -0.15) is 13.2 Å². The van der Waals surface area contributed by atoms with Crippen molar-refractivity contribution in [1.82, 2.24) is 0 Å². The second-order valence-corrected chi connectivity index (χ2v) is 3.54. The first-order valence-corrected chi connectivity index (χ1v) is 4.41. The third-order valence-corrected chi connectivity index (χ3v) is 2.40. The molecule has 0 bridgehead atoms. The standard InChI is InChI=1S/C7H4BCl2F3O2/c9-5-1-3(7(11,12)13)4(8(14)15)2-6(5)10/h1-2,14-15H. The van der Waals surface area contributed by atoms with Gasteiger partial charge in [0.1, 0.15) is 0 Å². The highest BCUT2D eigenvalue weighted by Gasteiger charge is 2.36. The van der Waals surface area contributed by atoms with Crippen LogP contribution in [-0.4, -0.2) is 17.2 Å². The van der Waals surface area contributed by atoms with E-state index in [0.717, 1.165) is 6.07 Å². The van der Waals surface area contributed by atoms with Crippen molar-refractivity contribution >= 4 is 35.8 Å². The van der Waals surface area contributed by atoms with E-state index in [9.17, 15) is 13.2 Å². The van der Waals surface area contributed by atoms with Gasteiger partial charge in [0, 0.05) is 0 Å². The molecule has 0 spiro atoms. The maximum Gasteiger partial charge on any atom is 0.489 e. The van der Waals surface area contributed by atoms with Gasteiger partial charge in [0.15, 0.2) is 0 Å². The molecule has 0 atom stereocenters. The Morgan fingerprint density at radius 1 is 1.07 bits per heavy atom. The van der Waals surface area contributed by atoms with Crippen LogP contribution in [0.1, 0.15) is 5.56 Å². The van der Waals surface area contributed by atoms with Gasteiger partial charge in [-0.25, -0.2) is 0 Å². The van der Waals surface area contributed by atoms with Crippen molar-refractivity contribution in [3.8, 4) is 0 Å². The number of hydrogen-bond acceptors (Lipinski definition) is 2. The van der Waals surface area contributed by atoms with Gasteiger partial charge in [-0.05, 0) is 17.6 Å². The van der Waals surface area contributed by atoms with E-state index in [4.69, 9.17) is 33.2 Å². The Balaban J connectivity index is 3.42. The molecule has 1 aromatic carbocycles. The molecular formula is C7H4BCl2F3O2. The molecule has 0 unspecified atom stereocenters. The van der Waals surface area contributed by atoms with E-state index in [1.165, 1.54) is 0 Å². The lowest BCUT2D eigenvalue weighted by molar-refractivity contribution is -0.136. The van der Waals surface area contributed by atoms with Crippen molar-refractivity contribution in [3.05, 3.63) is 27.7 Å². The summed E-state index contributed by atoms with van der Waals surface area (Å²) in [6.07, 6.45) is -4.72. The van der Waals surface area contributed by atoms with Crippen LogP contribution in [0.2, 0.25) is 10.0 Å². The van der Waals surface area contributed by atoms with E-state index in [1.54, 1.807) is 0 Å². The number of halogens is 5. The molecule has 2 N–H and O–H groups in total. The molecule has 0 heterocycles. The molecule has 8 heteroatoms. The van der Waals surface area contributed by atoms with Gasteiger partial charge >= 0.3 is 13.3 Å². The molecule has 82 valence electrons. The first-order chi connectivity index (χ1) is 6.73. The molecule has 0 saturated carbocycles. The third kappa shape index (κ3) is 2.78. The highest BCUT2D eigenvalue weighted by Crippen LogP contribution is 2.32. The highest BCUT2D eigenvalue weighted by atomic mass is 35.5. The third-order valence-electron chi connectivity index (χ3n) is 1.68. The van der Waals surface area contributed by atoms with Gasteiger partial charge < -0.3 is 10.0 Å². The van der Waals surface area contributed by atoms with Gasteiger partial charge in [-0.15, -0.1) is 0 Å². The molecule has 0 radical (unpaired) electrons. The molecular weight excluding hydrogens is 255 g/mol. The Morgan fingerprint density at radius 2 is 1.53 bits per heavy atom. The fourth-order valence-electron chi connectivity index (χ4n) is 1.02. The van der Waals surface area contributed by atoms with Gasteiger partial charge in [0.05, 0.1) is 15.6 Å². The Bertz CT molecular complexity index is 381. The first-order valence-electron chi connectivity index (χ1n) is 3.65. The van der Waals surface area contributed by atoms with Crippen LogP contribution in [0.5, 0.6) is 0 Å². The van der Waals surface area contributed by atoms with E-state index >= 15 is 0 Å². The zero-order chi connectivity index (χ0) is 11.8. The molecule has 0 aliphatic heterocycles. The zero-order valence-corrected chi connectivity index (χ0v) is 8.53. The molecule has 1 aromatic rings. The fourth-order valence-corrected chi connectivity index (χ4v) is 1.36. The van der Waals surface area contributed by atoms with Crippen LogP contribution in [0, 0.1) is 0 Å². The maximum atomic E-state index is 12.4. The molecule has 0 aliphatic carbocycles. The minimum Gasteiger partial charge on any atom is -0.423 e. The maximum absolute atomic E-state index is 12.4. The quantitative estimate of drug-likeness (QED) is 0.753. The van der Waals surface area contributed by atoms with Crippen LogP contribution in [0.25, 0.3) is 0 Å². The van der Waals surface area contributed by atoms with Crippen LogP contribution in [0.3, 0.4) is 0 Å². The van der Waals surface area contributed by atoms with Gasteiger partial charge in [-0.1, -0.05) is 23.2 Å². The SMILES string of the molecule is OB(O)c1cc(Cl)c(Cl)cc1C(F)(F)F. The van der Waals surface area contributed by atoms with E-state index < -0.39 is 24.3 Å². The summed E-state index contributed by atoms with van der Waals surface area (Å²) < 4.78 is 37.2. The smallest absolute Gasteiger partial charge is 0.423 e. The molecule has 0 fully saturated rings. The zero-order valence-electron chi connectivity index (χ0n) is 7.02. The van der Waals surface area contributed by atoms with Crippen molar-refractivity contribution < 1.29 is 23.2 Å². The molecule has 0 amide bonds. The Hall–Kier alpha value is -0.425. The molecule has 0 aromatic heterocycles. The van der Waals surface area contributed by atoms with Crippen molar-refractivity contribution in [2.24, 2.45) is 0 Å². The largest absolute Gasteiger partial charge is 0.489 e. The lowest BCUT2D eigenvalue weighted by Gasteiger charge is -2.13.